The van der Waals surface area contributed by atoms with E-state index in [9.17, 15) is 9.59 Å². The second-order valence-electron chi connectivity index (χ2n) is 9.02. The van der Waals surface area contributed by atoms with Gasteiger partial charge in [0.15, 0.2) is 0 Å². The number of rotatable bonds is 6. The Labute approximate surface area is 159 Å². The predicted octanol–water partition coefficient (Wildman–Crippen LogP) is 4.40. The third-order valence-corrected chi connectivity index (χ3v) is 6.70. The van der Waals surface area contributed by atoms with Crippen molar-refractivity contribution < 1.29 is 14.3 Å². The van der Waals surface area contributed by atoms with Gasteiger partial charge in [0.25, 0.3) is 0 Å². The molecule has 0 saturated heterocycles. The van der Waals surface area contributed by atoms with Crippen molar-refractivity contribution in [1.82, 2.24) is 10.6 Å². The summed E-state index contributed by atoms with van der Waals surface area (Å²) in [6, 6.07) is 0.649. The quantitative estimate of drug-likeness (QED) is 0.732. The van der Waals surface area contributed by atoms with E-state index in [0.717, 1.165) is 43.9 Å². The molecular weight excluding hydrogens is 328 g/mol. The normalized spacial score (nSPS) is 29.7. The van der Waals surface area contributed by atoms with Crippen molar-refractivity contribution in [2.75, 3.05) is 7.11 Å². The van der Waals surface area contributed by atoms with E-state index in [1.807, 2.05) is 13.8 Å². The van der Waals surface area contributed by atoms with Crippen LogP contribution in [0.15, 0.2) is 0 Å². The maximum Gasteiger partial charge on any atom is 0.407 e. The highest BCUT2D eigenvalue weighted by Gasteiger charge is 2.31. The Balaban J connectivity index is 1.65. The topological polar surface area (TPSA) is 67.4 Å². The molecular formula is C21H38N2O3. The number of nitrogens with one attached hydrogen (secondary N) is 2. The number of hydrogen-bond acceptors (Lipinski definition) is 3. The third kappa shape index (κ3) is 6.17. The summed E-state index contributed by atoms with van der Waals surface area (Å²) < 4.78 is 4.69. The molecule has 0 aliphatic heterocycles. The molecule has 2 aliphatic carbocycles. The van der Waals surface area contributed by atoms with E-state index >= 15 is 0 Å². The van der Waals surface area contributed by atoms with Crippen molar-refractivity contribution in [3.63, 3.8) is 0 Å². The molecule has 0 bridgehead atoms. The fraction of sp³-hybridized carbons (Fsp3) is 0.905. The number of ether oxygens (including phenoxy) is 1. The van der Waals surface area contributed by atoms with Crippen LogP contribution in [-0.2, 0) is 9.53 Å². The van der Waals surface area contributed by atoms with Crippen LogP contribution in [0.25, 0.3) is 0 Å². The Morgan fingerprint density at radius 3 is 1.77 bits per heavy atom. The summed E-state index contributed by atoms with van der Waals surface area (Å²) in [5.41, 5.74) is -0.256. The molecule has 2 aliphatic rings. The Hall–Kier alpha value is -1.26. The highest BCUT2D eigenvalue weighted by molar-refractivity contribution is 5.82. The van der Waals surface area contributed by atoms with Crippen molar-refractivity contribution in [2.24, 2.45) is 17.3 Å². The van der Waals surface area contributed by atoms with E-state index in [2.05, 4.69) is 22.3 Å². The predicted molar refractivity (Wildman–Crippen MR) is 104 cm³/mol. The van der Waals surface area contributed by atoms with Crippen LogP contribution < -0.4 is 10.6 Å². The van der Waals surface area contributed by atoms with Gasteiger partial charge in [0, 0.05) is 17.5 Å². The minimum atomic E-state index is -0.305. The van der Waals surface area contributed by atoms with Gasteiger partial charge in [0.1, 0.15) is 0 Å². The Kier molecular flexibility index (Phi) is 7.78. The zero-order chi connectivity index (χ0) is 19.2. The number of carbonyl (C=O) groups excluding carboxylic acids is 2. The molecule has 2 amide bonds. The monoisotopic (exact) mass is 366 g/mol. The Morgan fingerprint density at radius 2 is 1.35 bits per heavy atom. The van der Waals surface area contributed by atoms with Crippen molar-refractivity contribution in [3.05, 3.63) is 0 Å². The van der Waals surface area contributed by atoms with Crippen molar-refractivity contribution in [3.8, 4) is 0 Å². The maximum atomic E-state index is 12.3. The molecule has 150 valence electrons. The highest BCUT2D eigenvalue weighted by atomic mass is 16.5. The molecule has 2 N–H and O–H groups in total. The molecule has 0 spiro atoms. The number of methoxy groups -OCH3 is 1. The van der Waals surface area contributed by atoms with Gasteiger partial charge in [-0.3, -0.25) is 4.79 Å². The van der Waals surface area contributed by atoms with E-state index < -0.39 is 0 Å². The minimum absolute atomic E-state index is 0.208. The number of amides is 2. The van der Waals surface area contributed by atoms with Gasteiger partial charge in [0.2, 0.25) is 5.91 Å². The molecule has 0 unspecified atom stereocenters. The van der Waals surface area contributed by atoms with Crippen molar-refractivity contribution in [2.45, 2.75) is 97.1 Å². The second-order valence-corrected chi connectivity index (χ2v) is 9.02. The summed E-state index contributed by atoms with van der Waals surface area (Å²) in [7, 11) is 1.42. The highest BCUT2D eigenvalue weighted by Crippen LogP contribution is 2.35. The van der Waals surface area contributed by atoms with Crippen LogP contribution in [0.3, 0.4) is 0 Å². The Bertz CT molecular complexity index is 462. The van der Waals surface area contributed by atoms with Gasteiger partial charge in [0.05, 0.1) is 7.11 Å². The zero-order valence-corrected chi connectivity index (χ0v) is 17.1. The van der Waals surface area contributed by atoms with Crippen LogP contribution in [0, 0.1) is 17.3 Å². The smallest absolute Gasteiger partial charge is 0.407 e. The lowest BCUT2D eigenvalue weighted by Gasteiger charge is -2.35. The lowest BCUT2D eigenvalue weighted by molar-refractivity contribution is -0.130. The average Bonchev–Trinajstić information content (AvgIpc) is 2.64. The molecule has 0 radical (unpaired) electrons. The molecule has 2 saturated carbocycles. The van der Waals surface area contributed by atoms with E-state index in [1.54, 1.807) is 0 Å². The molecule has 2 rings (SSSR count). The van der Waals surface area contributed by atoms with Crippen LogP contribution >= 0.6 is 0 Å². The minimum Gasteiger partial charge on any atom is -0.453 e. The number of alkyl carbamates (subject to hydrolysis) is 1. The fourth-order valence-corrected chi connectivity index (χ4v) is 4.32. The molecule has 0 heterocycles. The van der Waals surface area contributed by atoms with Crippen LogP contribution in [-0.4, -0.2) is 31.2 Å². The lowest BCUT2D eigenvalue weighted by atomic mass is 9.75. The molecule has 2 fully saturated rings. The van der Waals surface area contributed by atoms with Gasteiger partial charge in [-0.25, -0.2) is 4.79 Å². The Morgan fingerprint density at radius 1 is 0.885 bits per heavy atom. The molecule has 0 aromatic carbocycles. The number of carbonyl (C=O) groups is 2. The van der Waals surface area contributed by atoms with Gasteiger partial charge in [-0.2, -0.15) is 0 Å². The number of hydrogen-bond donors (Lipinski definition) is 2. The SMILES string of the molecule is CCC(C)(C)C(=O)NC1CCC(CC2CCC(NC(=O)OC)CC2)CC1. The van der Waals surface area contributed by atoms with E-state index in [1.165, 1.54) is 39.2 Å². The first-order valence-corrected chi connectivity index (χ1v) is 10.5. The standard InChI is InChI=1S/C21H38N2O3/c1-5-21(2,3)19(24)22-17-10-6-15(7-11-17)14-16-8-12-18(13-9-16)23-20(25)26-4/h15-18H,5-14H2,1-4H3,(H,22,24)(H,23,25). The zero-order valence-electron chi connectivity index (χ0n) is 17.1. The summed E-state index contributed by atoms with van der Waals surface area (Å²) in [5.74, 6) is 1.80. The first-order chi connectivity index (χ1) is 12.3. The molecule has 0 atom stereocenters. The van der Waals surface area contributed by atoms with E-state index in [-0.39, 0.29) is 23.5 Å². The first kappa shape index (κ1) is 21.0. The molecule has 26 heavy (non-hydrogen) atoms. The maximum absolute atomic E-state index is 12.3. The van der Waals surface area contributed by atoms with Crippen LogP contribution in [0.1, 0.15) is 85.0 Å². The van der Waals surface area contributed by atoms with E-state index in [4.69, 9.17) is 0 Å². The molecule has 0 aromatic rings. The third-order valence-electron chi connectivity index (χ3n) is 6.70. The van der Waals surface area contributed by atoms with Gasteiger partial charge < -0.3 is 15.4 Å². The summed E-state index contributed by atoms with van der Waals surface area (Å²) in [6.45, 7) is 6.13. The molecule has 5 nitrogen and oxygen atoms in total. The fourth-order valence-electron chi connectivity index (χ4n) is 4.32. The summed E-state index contributed by atoms with van der Waals surface area (Å²) in [6.07, 6.45) is 11.1. The summed E-state index contributed by atoms with van der Waals surface area (Å²) >= 11 is 0. The largest absolute Gasteiger partial charge is 0.453 e. The van der Waals surface area contributed by atoms with Crippen LogP contribution in [0.4, 0.5) is 4.79 Å². The summed E-state index contributed by atoms with van der Waals surface area (Å²) in [5, 5.41) is 6.20. The average molecular weight is 367 g/mol. The van der Waals surface area contributed by atoms with Gasteiger partial charge >= 0.3 is 6.09 Å². The van der Waals surface area contributed by atoms with Gasteiger partial charge in [-0.1, -0.05) is 20.8 Å². The van der Waals surface area contributed by atoms with Gasteiger partial charge in [-0.15, -0.1) is 0 Å². The van der Waals surface area contributed by atoms with Crippen molar-refractivity contribution >= 4 is 12.0 Å². The van der Waals surface area contributed by atoms with Crippen LogP contribution in [0.2, 0.25) is 0 Å². The van der Waals surface area contributed by atoms with Gasteiger partial charge in [-0.05, 0) is 76.0 Å². The van der Waals surface area contributed by atoms with E-state index in [0.29, 0.717) is 6.04 Å². The first-order valence-electron chi connectivity index (χ1n) is 10.5. The summed E-state index contributed by atoms with van der Waals surface area (Å²) in [4.78, 5) is 23.6. The van der Waals surface area contributed by atoms with Crippen molar-refractivity contribution in [1.29, 1.82) is 0 Å². The lowest BCUT2D eigenvalue weighted by Crippen LogP contribution is -2.44. The molecule has 5 heteroatoms. The molecule has 0 aromatic heterocycles. The van der Waals surface area contributed by atoms with Crippen LogP contribution in [0.5, 0.6) is 0 Å². The second kappa shape index (κ2) is 9.61.